The van der Waals surface area contributed by atoms with Crippen LogP contribution in [0, 0.1) is 6.92 Å². The quantitative estimate of drug-likeness (QED) is 0.639. The van der Waals surface area contributed by atoms with E-state index in [4.69, 9.17) is 4.52 Å². The molecule has 0 aromatic carbocycles. The van der Waals surface area contributed by atoms with Crippen molar-refractivity contribution < 1.29 is 9.63 Å². The van der Waals surface area contributed by atoms with Gasteiger partial charge in [-0.2, -0.15) is 0 Å². The van der Waals surface area contributed by atoms with E-state index in [9.17, 15) is 5.11 Å². The molecule has 0 bridgehead atoms. The Bertz CT molecular complexity index is 222. The van der Waals surface area contributed by atoms with E-state index in [-0.39, 0.29) is 0 Å². The zero-order chi connectivity index (χ0) is 7.78. The first kappa shape index (κ1) is 7.28. The molecule has 56 valence electrons. The number of nitrogens with zero attached hydrogens (tertiary/aromatic N) is 1. The second-order valence-corrected chi connectivity index (χ2v) is 2.88. The van der Waals surface area contributed by atoms with Gasteiger partial charge in [0, 0.05) is 6.07 Å². The number of hydrogen-bond acceptors (Lipinski definition) is 3. The molecule has 0 radical (unpaired) electrons. The van der Waals surface area contributed by atoms with E-state index >= 15 is 0 Å². The van der Waals surface area contributed by atoms with Gasteiger partial charge in [0.25, 0.3) is 0 Å². The van der Waals surface area contributed by atoms with Gasteiger partial charge in [-0.15, -0.1) is 0 Å². The third kappa shape index (κ3) is 1.36. The second-order valence-electron chi connectivity index (χ2n) is 2.88. The molecule has 0 saturated heterocycles. The van der Waals surface area contributed by atoms with Gasteiger partial charge in [-0.05, 0) is 20.8 Å². The molecule has 3 heteroatoms. The van der Waals surface area contributed by atoms with Gasteiger partial charge in [0.05, 0.1) is 0 Å². The summed E-state index contributed by atoms with van der Waals surface area (Å²) in [7, 11) is 0. The maximum atomic E-state index is 9.38. The summed E-state index contributed by atoms with van der Waals surface area (Å²) in [5, 5.41) is 13.0. The summed E-state index contributed by atoms with van der Waals surface area (Å²) >= 11 is 0. The minimum Gasteiger partial charge on any atom is -0.384 e. The monoisotopic (exact) mass is 141 g/mol. The zero-order valence-corrected chi connectivity index (χ0v) is 6.38. The predicted octanol–water partition coefficient (Wildman–Crippen LogP) is 1.21. The zero-order valence-electron chi connectivity index (χ0n) is 6.38. The third-order valence-electron chi connectivity index (χ3n) is 1.25. The molecule has 0 atom stereocenters. The molecule has 1 rings (SSSR count). The maximum absolute atomic E-state index is 9.38. The SMILES string of the molecule is Cc1cc(C(C)(C)O)no1. The van der Waals surface area contributed by atoms with Gasteiger partial charge in [-0.1, -0.05) is 5.16 Å². The van der Waals surface area contributed by atoms with E-state index < -0.39 is 5.60 Å². The van der Waals surface area contributed by atoms with Crippen LogP contribution in [0.1, 0.15) is 25.3 Å². The lowest BCUT2D eigenvalue weighted by Crippen LogP contribution is -2.15. The van der Waals surface area contributed by atoms with E-state index in [0.717, 1.165) is 5.76 Å². The summed E-state index contributed by atoms with van der Waals surface area (Å²) in [5.41, 5.74) is -0.317. The first-order chi connectivity index (χ1) is 4.50. The Labute approximate surface area is 59.7 Å². The maximum Gasteiger partial charge on any atom is 0.134 e. The summed E-state index contributed by atoms with van der Waals surface area (Å²) < 4.78 is 4.78. The van der Waals surface area contributed by atoms with Crippen molar-refractivity contribution in [2.24, 2.45) is 0 Å². The molecule has 10 heavy (non-hydrogen) atoms. The molecular formula is C7H11NO2. The Morgan fingerprint density at radius 3 is 2.40 bits per heavy atom. The van der Waals surface area contributed by atoms with Gasteiger partial charge in [-0.25, -0.2) is 0 Å². The molecule has 0 amide bonds. The van der Waals surface area contributed by atoms with Crippen LogP contribution in [-0.2, 0) is 5.60 Å². The van der Waals surface area contributed by atoms with Crippen molar-refractivity contribution in [2.75, 3.05) is 0 Å². The van der Waals surface area contributed by atoms with Crippen molar-refractivity contribution in [3.8, 4) is 0 Å². The number of aliphatic hydroxyl groups is 1. The minimum atomic E-state index is -0.891. The Morgan fingerprint density at radius 1 is 1.60 bits per heavy atom. The van der Waals surface area contributed by atoms with Crippen LogP contribution in [0.3, 0.4) is 0 Å². The molecule has 0 fully saturated rings. The third-order valence-corrected chi connectivity index (χ3v) is 1.25. The van der Waals surface area contributed by atoms with Crippen LogP contribution < -0.4 is 0 Å². The summed E-state index contributed by atoms with van der Waals surface area (Å²) in [5.74, 6) is 0.720. The molecule has 0 aliphatic carbocycles. The first-order valence-corrected chi connectivity index (χ1v) is 3.16. The highest BCUT2D eigenvalue weighted by atomic mass is 16.5. The molecule has 1 aromatic rings. The lowest BCUT2D eigenvalue weighted by molar-refractivity contribution is 0.0700. The molecule has 0 saturated carbocycles. The number of aromatic nitrogens is 1. The van der Waals surface area contributed by atoms with Crippen molar-refractivity contribution in [3.63, 3.8) is 0 Å². The second kappa shape index (κ2) is 2.09. The van der Waals surface area contributed by atoms with E-state index in [2.05, 4.69) is 5.16 Å². The Kier molecular flexibility index (Phi) is 1.52. The Morgan fingerprint density at radius 2 is 2.20 bits per heavy atom. The van der Waals surface area contributed by atoms with Crippen LogP contribution in [0.2, 0.25) is 0 Å². The lowest BCUT2D eigenvalue weighted by atomic mass is 10.1. The fraction of sp³-hybridized carbons (Fsp3) is 0.571. The molecule has 3 nitrogen and oxygen atoms in total. The average molecular weight is 141 g/mol. The molecule has 1 aromatic heterocycles. The first-order valence-electron chi connectivity index (χ1n) is 3.16. The fourth-order valence-corrected chi connectivity index (χ4v) is 0.655. The van der Waals surface area contributed by atoms with Gasteiger partial charge < -0.3 is 9.63 Å². The summed E-state index contributed by atoms with van der Waals surface area (Å²) in [6.07, 6.45) is 0. The van der Waals surface area contributed by atoms with Crippen molar-refractivity contribution in [1.82, 2.24) is 5.16 Å². The molecule has 0 aliphatic rings. The van der Waals surface area contributed by atoms with Gasteiger partial charge in [0.1, 0.15) is 17.1 Å². The summed E-state index contributed by atoms with van der Waals surface area (Å²) in [6.45, 7) is 5.14. The Balaban J connectivity index is 2.96. The van der Waals surface area contributed by atoms with E-state index in [0.29, 0.717) is 5.69 Å². The highest BCUT2D eigenvalue weighted by molar-refractivity contribution is 5.10. The largest absolute Gasteiger partial charge is 0.384 e. The van der Waals surface area contributed by atoms with Crippen LogP contribution in [0.5, 0.6) is 0 Å². The molecule has 0 spiro atoms. The Hall–Kier alpha value is -0.830. The van der Waals surface area contributed by atoms with Crippen LogP contribution in [0.4, 0.5) is 0 Å². The van der Waals surface area contributed by atoms with Crippen LogP contribution >= 0.6 is 0 Å². The van der Waals surface area contributed by atoms with E-state index in [1.165, 1.54) is 0 Å². The van der Waals surface area contributed by atoms with Gasteiger partial charge >= 0.3 is 0 Å². The van der Waals surface area contributed by atoms with Crippen molar-refractivity contribution >= 4 is 0 Å². The van der Waals surface area contributed by atoms with Crippen LogP contribution in [0.15, 0.2) is 10.6 Å². The molecular weight excluding hydrogens is 130 g/mol. The van der Waals surface area contributed by atoms with Gasteiger partial charge in [0.15, 0.2) is 0 Å². The van der Waals surface area contributed by atoms with E-state index in [1.807, 2.05) is 0 Å². The van der Waals surface area contributed by atoms with Crippen molar-refractivity contribution in [3.05, 3.63) is 17.5 Å². The molecule has 1 N–H and O–H groups in total. The predicted molar refractivity (Wildman–Crippen MR) is 36.5 cm³/mol. The number of aryl methyl sites for hydroxylation is 1. The molecule has 1 heterocycles. The van der Waals surface area contributed by atoms with Gasteiger partial charge in [-0.3, -0.25) is 0 Å². The standard InChI is InChI=1S/C7H11NO2/c1-5-4-6(8-10-5)7(2,3)9/h4,9H,1-3H3. The number of hydrogen-bond donors (Lipinski definition) is 1. The van der Waals surface area contributed by atoms with Crippen LogP contribution in [0.25, 0.3) is 0 Å². The smallest absolute Gasteiger partial charge is 0.134 e. The van der Waals surface area contributed by atoms with Crippen molar-refractivity contribution in [2.45, 2.75) is 26.4 Å². The average Bonchev–Trinajstić information content (AvgIpc) is 2.11. The highest BCUT2D eigenvalue weighted by Gasteiger charge is 2.19. The number of rotatable bonds is 1. The minimum absolute atomic E-state index is 0.574. The van der Waals surface area contributed by atoms with Crippen molar-refractivity contribution in [1.29, 1.82) is 0 Å². The summed E-state index contributed by atoms with van der Waals surface area (Å²) in [6, 6.07) is 1.72. The summed E-state index contributed by atoms with van der Waals surface area (Å²) in [4.78, 5) is 0. The fourth-order valence-electron chi connectivity index (χ4n) is 0.655. The van der Waals surface area contributed by atoms with Gasteiger partial charge in [0.2, 0.25) is 0 Å². The molecule has 0 unspecified atom stereocenters. The lowest BCUT2D eigenvalue weighted by Gasteiger charge is -2.11. The normalized spacial score (nSPS) is 12.0. The molecule has 0 aliphatic heterocycles. The highest BCUT2D eigenvalue weighted by Crippen LogP contribution is 2.17. The van der Waals surface area contributed by atoms with Crippen LogP contribution in [-0.4, -0.2) is 10.3 Å². The topological polar surface area (TPSA) is 46.3 Å². The van der Waals surface area contributed by atoms with E-state index in [1.54, 1.807) is 26.8 Å².